The quantitative estimate of drug-likeness (QED) is 0.244. The van der Waals surface area contributed by atoms with E-state index in [2.05, 4.69) is 41.0 Å². The zero-order valence-corrected chi connectivity index (χ0v) is 20.4. The summed E-state index contributed by atoms with van der Waals surface area (Å²) in [6.07, 6.45) is 0. The lowest BCUT2D eigenvalue weighted by atomic mass is 10.0. The zero-order chi connectivity index (χ0) is 26.7. The average molecular weight is 502 g/mol. The number of rotatable bonds is 2. The van der Waals surface area contributed by atoms with E-state index in [9.17, 15) is 20.2 Å². The summed E-state index contributed by atoms with van der Waals surface area (Å²) in [6, 6.07) is 36.1. The van der Waals surface area contributed by atoms with Gasteiger partial charge in [-0.25, -0.2) is 4.39 Å². The van der Waals surface area contributed by atoms with Gasteiger partial charge in [-0.1, -0.05) is 36.4 Å². The molecule has 5 aromatic carbocycles. The summed E-state index contributed by atoms with van der Waals surface area (Å²) in [6.45, 7) is 0. The van der Waals surface area contributed by atoms with Crippen LogP contribution in [0.25, 0.3) is 55.0 Å². The standard InChI is InChI=1S/C33H16FN5/c34-23-9-11-24(12-10-23)38-29-7-3-1-5-25(29)27-16-32-28(15-31(27)38)26-6-2-4-8-30(26)39(32)33-21(18-36)13-20(17-35)14-22(33)19-37/h1-16H. The molecule has 0 atom stereocenters. The van der Waals surface area contributed by atoms with Gasteiger partial charge in [-0.15, -0.1) is 0 Å². The Morgan fingerprint density at radius 1 is 0.513 bits per heavy atom. The van der Waals surface area contributed by atoms with E-state index in [0.717, 1.165) is 49.3 Å². The first-order chi connectivity index (χ1) is 19.1. The highest BCUT2D eigenvalue weighted by atomic mass is 19.1. The van der Waals surface area contributed by atoms with Crippen LogP contribution in [-0.4, -0.2) is 9.13 Å². The molecule has 0 unspecified atom stereocenters. The molecule has 7 aromatic rings. The van der Waals surface area contributed by atoms with Crippen molar-refractivity contribution in [2.75, 3.05) is 0 Å². The molecule has 39 heavy (non-hydrogen) atoms. The van der Waals surface area contributed by atoms with Crippen LogP contribution >= 0.6 is 0 Å². The third-order valence-corrected chi connectivity index (χ3v) is 7.25. The molecule has 0 aliphatic rings. The van der Waals surface area contributed by atoms with Gasteiger partial charge in [0.2, 0.25) is 0 Å². The number of fused-ring (bicyclic) bond motifs is 6. The van der Waals surface area contributed by atoms with Crippen LogP contribution in [0.5, 0.6) is 0 Å². The van der Waals surface area contributed by atoms with Crippen molar-refractivity contribution in [3.05, 3.63) is 120 Å². The summed E-state index contributed by atoms with van der Waals surface area (Å²) in [7, 11) is 0. The topological polar surface area (TPSA) is 81.2 Å². The van der Waals surface area contributed by atoms with E-state index in [1.807, 2.05) is 47.0 Å². The highest BCUT2D eigenvalue weighted by molar-refractivity contribution is 6.19. The molecule has 0 N–H and O–H groups in total. The molecule has 2 aromatic heterocycles. The first kappa shape index (κ1) is 22.3. The van der Waals surface area contributed by atoms with Crippen molar-refractivity contribution in [1.82, 2.24) is 9.13 Å². The molecule has 0 bridgehead atoms. The Kier molecular flexibility index (Phi) is 4.76. The van der Waals surface area contributed by atoms with Crippen LogP contribution in [0.2, 0.25) is 0 Å². The number of nitrogens with zero attached hydrogens (tertiary/aromatic N) is 5. The Balaban J connectivity index is 1.69. The van der Waals surface area contributed by atoms with Crippen molar-refractivity contribution in [3.8, 4) is 29.6 Å². The molecule has 0 spiro atoms. The third kappa shape index (κ3) is 3.15. The molecule has 2 heterocycles. The van der Waals surface area contributed by atoms with Crippen molar-refractivity contribution in [2.24, 2.45) is 0 Å². The summed E-state index contributed by atoms with van der Waals surface area (Å²) in [4.78, 5) is 0. The molecule has 5 nitrogen and oxygen atoms in total. The molecule has 0 radical (unpaired) electrons. The number of hydrogen-bond acceptors (Lipinski definition) is 3. The number of hydrogen-bond donors (Lipinski definition) is 0. The Bertz CT molecular complexity index is 2230. The van der Waals surface area contributed by atoms with Gasteiger partial charge in [0.15, 0.2) is 0 Å². The normalized spacial score (nSPS) is 11.1. The van der Waals surface area contributed by atoms with E-state index in [1.165, 1.54) is 24.3 Å². The molecular weight excluding hydrogens is 485 g/mol. The number of benzene rings is 5. The minimum Gasteiger partial charge on any atom is -0.309 e. The van der Waals surface area contributed by atoms with Crippen molar-refractivity contribution >= 4 is 43.6 Å². The monoisotopic (exact) mass is 501 g/mol. The Hall–Kier alpha value is -5.90. The molecule has 7 rings (SSSR count). The summed E-state index contributed by atoms with van der Waals surface area (Å²) in [5.74, 6) is -0.297. The molecular formula is C33H16FN5. The fourth-order valence-corrected chi connectivity index (χ4v) is 5.65. The lowest BCUT2D eigenvalue weighted by Gasteiger charge is -2.12. The predicted molar refractivity (Wildman–Crippen MR) is 149 cm³/mol. The lowest BCUT2D eigenvalue weighted by Crippen LogP contribution is -2.02. The zero-order valence-electron chi connectivity index (χ0n) is 20.4. The predicted octanol–water partition coefficient (Wildman–Crippen LogP) is 7.63. The molecule has 180 valence electrons. The lowest BCUT2D eigenvalue weighted by molar-refractivity contribution is 0.627. The molecule has 0 saturated heterocycles. The summed E-state index contributed by atoms with van der Waals surface area (Å²) >= 11 is 0. The molecule has 0 aliphatic heterocycles. The second-order valence-electron chi connectivity index (χ2n) is 9.32. The third-order valence-electron chi connectivity index (χ3n) is 7.25. The van der Waals surface area contributed by atoms with Gasteiger partial charge in [-0.3, -0.25) is 0 Å². The van der Waals surface area contributed by atoms with Crippen LogP contribution in [0.1, 0.15) is 16.7 Å². The minimum atomic E-state index is -0.297. The van der Waals surface area contributed by atoms with E-state index < -0.39 is 0 Å². The molecule has 0 saturated carbocycles. The van der Waals surface area contributed by atoms with Gasteiger partial charge in [0.25, 0.3) is 0 Å². The van der Waals surface area contributed by atoms with Crippen LogP contribution in [-0.2, 0) is 0 Å². The average Bonchev–Trinajstić information content (AvgIpc) is 3.47. The van der Waals surface area contributed by atoms with Gasteiger partial charge in [0, 0.05) is 27.2 Å². The maximum atomic E-state index is 13.8. The summed E-state index contributed by atoms with van der Waals surface area (Å²) in [5, 5.41) is 33.5. The molecule has 0 aliphatic carbocycles. The van der Waals surface area contributed by atoms with E-state index in [-0.39, 0.29) is 22.5 Å². The number of aromatic nitrogens is 2. The van der Waals surface area contributed by atoms with Crippen molar-refractivity contribution in [2.45, 2.75) is 0 Å². The van der Waals surface area contributed by atoms with Gasteiger partial charge in [-0.2, -0.15) is 15.8 Å². The van der Waals surface area contributed by atoms with E-state index in [0.29, 0.717) is 5.69 Å². The van der Waals surface area contributed by atoms with Crippen molar-refractivity contribution in [3.63, 3.8) is 0 Å². The highest BCUT2D eigenvalue weighted by Gasteiger charge is 2.21. The second kappa shape index (κ2) is 8.32. The van der Waals surface area contributed by atoms with Gasteiger partial charge >= 0.3 is 0 Å². The van der Waals surface area contributed by atoms with Crippen LogP contribution in [0.15, 0.2) is 97.1 Å². The Morgan fingerprint density at radius 2 is 1.03 bits per heavy atom. The molecule has 0 fully saturated rings. The maximum absolute atomic E-state index is 13.8. The van der Waals surface area contributed by atoms with E-state index in [4.69, 9.17) is 0 Å². The van der Waals surface area contributed by atoms with Gasteiger partial charge < -0.3 is 9.13 Å². The first-order valence-electron chi connectivity index (χ1n) is 12.2. The molecule has 0 amide bonds. The van der Waals surface area contributed by atoms with Crippen LogP contribution < -0.4 is 0 Å². The molecule has 6 heteroatoms. The largest absolute Gasteiger partial charge is 0.309 e. The van der Waals surface area contributed by atoms with Gasteiger partial charge in [-0.05, 0) is 60.7 Å². The smallest absolute Gasteiger partial charge is 0.123 e. The summed E-state index contributed by atoms with van der Waals surface area (Å²) in [5.41, 5.74) is 5.68. The van der Waals surface area contributed by atoms with Gasteiger partial charge in [0.1, 0.15) is 18.0 Å². The number of para-hydroxylation sites is 2. The highest BCUT2D eigenvalue weighted by Crippen LogP contribution is 2.40. The van der Waals surface area contributed by atoms with Crippen molar-refractivity contribution < 1.29 is 4.39 Å². The van der Waals surface area contributed by atoms with Crippen LogP contribution in [0.3, 0.4) is 0 Å². The Morgan fingerprint density at radius 3 is 1.56 bits per heavy atom. The van der Waals surface area contributed by atoms with E-state index in [1.54, 1.807) is 12.1 Å². The number of nitriles is 3. The first-order valence-corrected chi connectivity index (χ1v) is 12.2. The second-order valence-corrected chi connectivity index (χ2v) is 9.32. The van der Waals surface area contributed by atoms with E-state index >= 15 is 0 Å². The van der Waals surface area contributed by atoms with Crippen molar-refractivity contribution in [1.29, 1.82) is 15.8 Å². The van der Waals surface area contributed by atoms with Crippen LogP contribution in [0, 0.1) is 39.8 Å². The summed E-state index contributed by atoms with van der Waals surface area (Å²) < 4.78 is 17.9. The Labute approximate surface area is 222 Å². The maximum Gasteiger partial charge on any atom is 0.123 e. The van der Waals surface area contributed by atoms with Crippen LogP contribution in [0.4, 0.5) is 4.39 Å². The fourth-order valence-electron chi connectivity index (χ4n) is 5.65. The van der Waals surface area contributed by atoms with Gasteiger partial charge in [0.05, 0.1) is 50.5 Å². The SMILES string of the molecule is N#Cc1cc(C#N)c(-n2c3ccccc3c3cc4c(cc32)c2ccccc2n4-c2ccc(F)cc2)c(C#N)c1. The number of halogens is 1. The minimum absolute atomic E-state index is 0.252. The fraction of sp³-hybridized carbons (Fsp3) is 0.